The molecule has 0 radical (unpaired) electrons. The Morgan fingerprint density at radius 2 is 2.12 bits per heavy atom. The first-order valence-corrected chi connectivity index (χ1v) is 5.96. The van der Waals surface area contributed by atoms with Gasteiger partial charge in [-0.15, -0.1) is 0 Å². The first-order valence-electron chi connectivity index (χ1n) is 4.55. The van der Waals surface area contributed by atoms with Crippen LogP contribution in [0.3, 0.4) is 0 Å². The summed E-state index contributed by atoms with van der Waals surface area (Å²) in [5.41, 5.74) is 0. The summed E-state index contributed by atoms with van der Waals surface area (Å²) >= 11 is 0. The lowest BCUT2D eigenvalue weighted by molar-refractivity contribution is -0.117. The fourth-order valence-corrected chi connectivity index (χ4v) is 1.89. The van der Waals surface area contributed by atoms with Crippen molar-refractivity contribution in [2.45, 2.75) is 4.90 Å². The number of para-hydroxylation sites is 1. The average Bonchev–Trinajstić information content (AvgIpc) is 2.28. The van der Waals surface area contributed by atoms with Gasteiger partial charge in [-0.1, -0.05) is 18.7 Å². The summed E-state index contributed by atoms with van der Waals surface area (Å²) in [5, 5.41) is 11.5. The molecule has 0 bridgehead atoms. The monoisotopic (exact) mass is 257 g/mol. The molecule has 1 aromatic carbocycles. The first kappa shape index (κ1) is 13.2. The minimum absolute atomic E-state index is 0.354. The average molecular weight is 257 g/mol. The van der Waals surface area contributed by atoms with E-state index in [0.717, 1.165) is 6.08 Å². The maximum atomic E-state index is 11.6. The van der Waals surface area contributed by atoms with Gasteiger partial charge in [-0.2, -0.15) is 8.42 Å². The van der Waals surface area contributed by atoms with Crippen LogP contribution >= 0.6 is 0 Å². The molecule has 7 heteroatoms. The smallest absolute Gasteiger partial charge is 0.302 e. The Kier molecular flexibility index (Phi) is 4.24. The van der Waals surface area contributed by atoms with Crippen LogP contribution < -0.4 is 5.32 Å². The molecule has 17 heavy (non-hydrogen) atoms. The zero-order chi connectivity index (χ0) is 12.9. The fraction of sp³-hybridized carbons (Fsp3) is 0.100. The van der Waals surface area contributed by atoms with E-state index in [0.29, 0.717) is 0 Å². The molecule has 6 nitrogen and oxygen atoms in total. The highest BCUT2D eigenvalue weighted by molar-refractivity contribution is 7.86. The van der Waals surface area contributed by atoms with E-state index in [9.17, 15) is 18.3 Å². The highest BCUT2D eigenvalue weighted by Gasteiger charge is 2.18. The Morgan fingerprint density at radius 1 is 1.47 bits per heavy atom. The predicted octanol–water partition coefficient (Wildman–Crippen LogP) is 0.357. The van der Waals surface area contributed by atoms with Crippen LogP contribution in [-0.2, 0) is 19.1 Å². The highest BCUT2D eigenvalue weighted by Crippen LogP contribution is 2.22. The van der Waals surface area contributed by atoms with Crippen LogP contribution in [-0.4, -0.2) is 26.2 Å². The third kappa shape index (κ3) is 3.58. The van der Waals surface area contributed by atoms with Crippen molar-refractivity contribution in [1.29, 1.82) is 0 Å². The van der Waals surface area contributed by atoms with Gasteiger partial charge in [-0.25, -0.2) is 4.18 Å². The SMILES string of the molecule is C=CC(=O)NCOS(=O)(=O)c1ccccc1O. The molecule has 92 valence electrons. The van der Waals surface area contributed by atoms with E-state index in [-0.39, 0.29) is 4.90 Å². The van der Waals surface area contributed by atoms with Crippen LogP contribution in [0.5, 0.6) is 5.75 Å². The molecule has 1 rings (SSSR count). The Labute approximate surface area is 98.7 Å². The summed E-state index contributed by atoms with van der Waals surface area (Å²) in [7, 11) is -4.09. The number of nitrogens with one attached hydrogen (secondary N) is 1. The van der Waals surface area contributed by atoms with Gasteiger partial charge in [-0.3, -0.25) is 4.79 Å². The molecule has 0 aliphatic carbocycles. The molecule has 0 heterocycles. The number of phenolic OH excluding ortho intramolecular Hbond substituents is 1. The molecule has 0 atom stereocenters. The summed E-state index contributed by atoms with van der Waals surface area (Å²) in [5.74, 6) is -0.972. The lowest BCUT2D eigenvalue weighted by Crippen LogP contribution is -2.25. The molecular formula is C10H11NO5S. The number of rotatable bonds is 5. The summed E-state index contributed by atoms with van der Waals surface area (Å²) in [4.78, 5) is 10.4. The van der Waals surface area contributed by atoms with Crippen LogP contribution in [0.1, 0.15) is 0 Å². The van der Waals surface area contributed by atoms with Crippen molar-refractivity contribution in [1.82, 2.24) is 5.32 Å². The number of hydrogen-bond donors (Lipinski definition) is 2. The van der Waals surface area contributed by atoms with Crippen molar-refractivity contribution in [2.24, 2.45) is 0 Å². The van der Waals surface area contributed by atoms with Gasteiger partial charge in [0, 0.05) is 0 Å². The minimum atomic E-state index is -4.09. The molecule has 0 aromatic heterocycles. The van der Waals surface area contributed by atoms with E-state index in [4.69, 9.17) is 0 Å². The predicted molar refractivity (Wildman–Crippen MR) is 59.6 cm³/mol. The van der Waals surface area contributed by atoms with E-state index >= 15 is 0 Å². The van der Waals surface area contributed by atoms with Crippen LogP contribution in [0.2, 0.25) is 0 Å². The van der Waals surface area contributed by atoms with Gasteiger partial charge >= 0.3 is 10.1 Å². The van der Waals surface area contributed by atoms with E-state index in [1.807, 2.05) is 0 Å². The zero-order valence-electron chi connectivity index (χ0n) is 8.79. The number of amides is 1. The maximum Gasteiger partial charge on any atom is 0.302 e. The molecule has 0 saturated heterocycles. The summed E-state index contributed by atoms with van der Waals surface area (Å²) < 4.78 is 27.6. The lowest BCUT2D eigenvalue weighted by atomic mass is 10.3. The van der Waals surface area contributed by atoms with Crippen molar-refractivity contribution in [3.05, 3.63) is 36.9 Å². The van der Waals surface area contributed by atoms with Crippen molar-refractivity contribution in [3.8, 4) is 5.75 Å². The molecule has 0 fully saturated rings. The Bertz CT molecular complexity index is 523. The Morgan fingerprint density at radius 3 is 2.71 bits per heavy atom. The second-order valence-electron chi connectivity index (χ2n) is 2.93. The van der Waals surface area contributed by atoms with Crippen LogP contribution in [0.25, 0.3) is 0 Å². The number of carbonyl (C=O) groups is 1. The normalized spacial score (nSPS) is 10.8. The molecule has 0 saturated carbocycles. The molecule has 0 unspecified atom stereocenters. The number of hydrogen-bond acceptors (Lipinski definition) is 5. The summed E-state index contributed by atoms with van der Waals surface area (Å²) in [6, 6.07) is 5.34. The molecule has 1 aromatic rings. The molecule has 0 spiro atoms. The van der Waals surface area contributed by atoms with E-state index < -0.39 is 28.5 Å². The van der Waals surface area contributed by atoms with Crippen LogP contribution in [0.15, 0.2) is 41.8 Å². The van der Waals surface area contributed by atoms with Gasteiger partial charge in [0.2, 0.25) is 5.91 Å². The van der Waals surface area contributed by atoms with Crippen molar-refractivity contribution >= 4 is 16.0 Å². The van der Waals surface area contributed by atoms with Gasteiger partial charge in [0.05, 0.1) is 0 Å². The number of carbonyl (C=O) groups excluding carboxylic acids is 1. The van der Waals surface area contributed by atoms with E-state index in [1.54, 1.807) is 0 Å². The second kappa shape index (κ2) is 5.46. The zero-order valence-corrected chi connectivity index (χ0v) is 9.61. The fourth-order valence-electron chi connectivity index (χ4n) is 0.982. The standard InChI is InChI=1S/C10H11NO5S/c1-2-10(13)11-7-16-17(14,15)9-6-4-3-5-8(9)12/h2-6,12H,1,7H2,(H,11,13). The molecule has 0 aliphatic heterocycles. The molecule has 2 N–H and O–H groups in total. The van der Waals surface area contributed by atoms with Gasteiger partial charge in [0.1, 0.15) is 17.4 Å². The van der Waals surface area contributed by atoms with E-state index in [1.165, 1.54) is 24.3 Å². The molecule has 0 aliphatic rings. The molecule has 1 amide bonds. The third-order valence-electron chi connectivity index (χ3n) is 1.78. The largest absolute Gasteiger partial charge is 0.506 e. The van der Waals surface area contributed by atoms with Crippen molar-refractivity contribution in [3.63, 3.8) is 0 Å². The lowest BCUT2D eigenvalue weighted by Gasteiger charge is -2.07. The van der Waals surface area contributed by atoms with Crippen LogP contribution in [0, 0.1) is 0 Å². The third-order valence-corrected chi connectivity index (χ3v) is 3.09. The van der Waals surface area contributed by atoms with Gasteiger partial charge in [-0.05, 0) is 18.2 Å². The number of phenols is 1. The van der Waals surface area contributed by atoms with Gasteiger partial charge < -0.3 is 10.4 Å². The summed E-state index contributed by atoms with van der Waals surface area (Å²) in [6.45, 7) is 2.66. The Balaban J connectivity index is 2.73. The number of benzene rings is 1. The highest BCUT2D eigenvalue weighted by atomic mass is 32.2. The Hall–Kier alpha value is -1.86. The quantitative estimate of drug-likeness (QED) is 0.451. The van der Waals surface area contributed by atoms with Gasteiger partial charge in [0.15, 0.2) is 0 Å². The maximum absolute atomic E-state index is 11.6. The second-order valence-corrected chi connectivity index (χ2v) is 4.51. The number of aromatic hydroxyl groups is 1. The van der Waals surface area contributed by atoms with Crippen LogP contribution in [0.4, 0.5) is 0 Å². The molecular weight excluding hydrogens is 246 g/mol. The minimum Gasteiger partial charge on any atom is -0.506 e. The summed E-state index contributed by atoms with van der Waals surface area (Å²) in [6.07, 6.45) is 0.982. The van der Waals surface area contributed by atoms with E-state index in [2.05, 4.69) is 16.1 Å². The first-order chi connectivity index (χ1) is 7.97. The van der Waals surface area contributed by atoms with Crippen molar-refractivity contribution in [2.75, 3.05) is 6.73 Å². The topological polar surface area (TPSA) is 92.7 Å². The van der Waals surface area contributed by atoms with Crippen molar-refractivity contribution < 1.29 is 22.5 Å². The van der Waals surface area contributed by atoms with Gasteiger partial charge in [0.25, 0.3) is 0 Å².